The highest BCUT2D eigenvalue weighted by Crippen LogP contribution is 2.18. The van der Waals surface area contributed by atoms with Crippen molar-refractivity contribution in [3.05, 3.63) is 0 Å². The number of hydrogen-bond donors (Lipinski definition) is 2. The highest BCUT2D eigenvalue weighted by atomic mass is 19.4. The molecule has 0 aromatic rings. The SMILES string of the molecule is CC(C)(C)OC(=O)NCCC(=O)NCCC(F)(F)F. The molecule has 2 N–H and O–H groups in total. The summed E-state index contributed by atoms with van der Waals surface area (Å²) in [6.45, 7) is 4.62. The molecule has 0 spiro atoms. The van der Waals surface area contributed by atoms with E-state index in [0.29, 0.717) is 0 Å². The predicted molar refractivity (Wildman–Crippen MR) is 62.5 cm³/mol. The first-order valence-electron chi connectivity index (χ1n) is 5.80. The molecule has 0 heterocycles. The highest BCUT2D eigenvalue weighted by Gasteiger charge is 2.26. The Kier molecular flexibility index (Phi) is 6.64. The van der Waals surface area contributed by atoms with Gasteiger partial charge in [0.2, 0.25) is 5.91 Å². The van der Waals surface area contributed by atoms with Crippen LogP contribution in [0.25, 0.3) is 0 Å². The molecule has 0 radical (unpaired) electrons. The van der Waals surface area contributed by atoms with Gasteiger partial charge < -0.3 is 15.4 Å². The fourth-order valence-corrected chi connectivity index (χ4v) is 1.02. The Morgan fingerprint density at radius 3 is 2.11 bits per heavy atom. The van der Waals surface area contributed by atoms with Gasteiger partial charge in [-0.1, -0.05) is 0 Å². The molecule has 0 rings (SSSR count). The first-order valence-corrected chi connectivity index (χ1v) is 5.80. The summed E-state index contributed by atoms with van der Waals surface area (Å²) < 4.78 is 40.3. The molecular formula is C11H19F3N2O3. The Labute approximate surface area is 109 Å². The van der Waals surface area contributed by atoms with Crippen molar-refractivity contribution in [1.82, 2.24) is 10.6 Å². The Hall–Kier alpha value is -1.47. The van der Waals surface area contributed by atoms with E-state index >= 15 is 0 Å². The third kappa shape index (κ3) is 12.8. The number of carbonyl (C=O) groups is 2. The molecule has 0 bridgehead atoms. The van der Waals surface area contributed by atoms with E-state index in [1.54, 1.807) is 20.8 Å². The molecule has 5 nitrogen and oxygen atoms in total. The summed E-state index contributed by atoms with van der Waals surface area (Å²) in [4.78, 5) is 22.3. The van der Waals surface area contributed by atoms with Gasteiger partial charge in [0, 0.05) is 19.5 Å². The maximum atomic E-state index is 11.8. The summed E-state index contributed by atoms with van der Waals surface area (Å²) >= 11 is 0. The van der Waals surface area contributed by atoms with Crippen molar-refractivity contribution in [3.8, 4) is 0 Å². The molecule has 0 aliphatic rings. The second-order valence-corrected chi connectivity index (χ2v) is 4.89. The zero-order valence-electron chi connectivity index (χ0n) is 11.2. The number of hydrogen-bond acceptors (Lipinski definition) is 3. The van der Waals surface area contributed by atoms with Gasteiger partial charge in [0.1, 0.15) is 5.60 Å². The van der Waals surface area contributed by atoms with E-state index < -0.39 is 36.7 Å². The molecule has 0 aliphatic heterocycles. The lowest BCUT2D eigenvalue weighted by Gasteiger charge is -2.19. The van der Waals surface area contributed by atoms with Gasteiger partial charge in [-0.25, -0.2) is 4.79 Å². The Morgan fingerprint density at radius 2 is 1.63 bits per heavy atom. The van der Waals surface area contributed by atoms with Gasteiger partial charge in [0.05, 0.1) is 6.42 Å². The van der Waals surface area contributed by atoms with Crippen LogP contribution in [0.5, 0.6) is 0 Å². The predicted octanol–water partition coefficient (Wildman–Crippen LogP) is 1.97. The van der Waals surface area contributed by atoms with Crippen LogP contribution in [0.3, 0.4) is 0 Å². The number of alkyl halides is 3. The van der Waals surface area contributed by atoms with Gasteiger partial charge in [0.25, 0.3) is 0 Å². The van der Waals surface area contributed by atoms with Crippen LogP contribution in [-0.2, 0) is 9.53 Å². The average Bonchev–Trinajstić information content (AvgIpc) is 2.12. The molecule has 0 saturated carbocycles. The summed E-state index contributed by atoms with van der Waals surface area (Å²) in [6, 6.07) is 0. The molecule has 0 saturated heterocycles. The smallest absolute Gasteiger partial charge is 0.407 e. The second kappa shape index (κ2) is 7.20. The monoisotopic (exact) mass is 284 g/mol. The van der Waals surface area contributed by atoms with Crippen LogP contribution in [0.1, 0.15) is 33.6 Å². The van der Waals surface area contributed by atoms with Gasteiger partial charge in [-0.2, -0.15) is 13.2 Å². The molecule has 0 aromatic carbocycles. The molecule has 0 fully saturated rings. The minimum Gasteiger partial charge on any atom is -0.444 e. The molecule has 0 aromatic heterocycles. The topological polar surface area (TPSA) is 67.4 Å². The number of ether oxygens (including phenoxy) is 1. The number of alkyl carbamates (subject to hydrolysis) is 1. The van der Waals surface area contributed by atoms with Gasteiger partial charge in [-0.05, 0) is 20.8 Å². The summed E-state index contributed by atoms with van der Waals surface area (Å²) in [7, 11) is 0. The standard InChI is InChI=1S/C11H19F3N2O3/c1-10(2,3)19-9(18)16-6-4-8(17)15-7-5-11(12,13)14/h4-7H2,1-3H3,(H,15,17)(H,16,18). The summed E-state index contributed by atoms with van der Waals surface area (Å²) in [5, 5.41) is 4.44. The lowest BCUT2D eigenvalue weighted by atomic mass is 10.2. The number of rotatable bonds is 5. The lowest BCUT2D eigenvalue weighted by molar-refractivity contribution is -0.135. The van der Waals surface area contributed by atoms with Gasteiger partial charge in [-0.3, -0.25) is 4.79 Å². The van der Waals surface area contributed by atoms with E-state index in [1.807, 2.05) is 0 Å². The minimum absolute atomic E-state index is 0.00671. The molecule has 8 heteroatoms. The third-order valence-corrected chi connectivity index (χ3v) is 1.75. The van der Waals surface area contributed by atoms with E-state index in [9.17, 15) is 22.8 Å². The molecule has 2 amide bonds. The maximum absolute atomic E-state index is 11.8. The molecule has 0 unspecified atom stereocenters. The fourth-order valence-electron chi connectivity index (χ4n) is 1.02. The van der Waals surface area contributed by atoms with Crippen molar-refractivity contribution >= 4 is 12.0 Å². The molecule has 19 heavy (non-hydrogen) atoms. The molecular weight excluding hydrogens is 265 g/mol. The van der Waals surface area contributed by atoms with Crippen molar-refractivity contribution < 1.29 is 27.5 Å². The largest absolute Gasteiger partial charge is 0.444 e. The van der Waals surface area contributed by atoms with Crippen LogP contribution in [0, 0.1) is 0 Å². The normalized spacial score (nSPS) is 11.9. The first-order chi connectivity index (χ1) is 8.49. The third-order valence-electron chi connectivity index (χ3n) is 1.75. The highest BCUT2D eigenvalue weighted by molar-refractivity contribution is 5.76. The molecule has 0 atom stereocenters. The summed E-state index contributed by atoms with van der Waals surface area (Å²) in [5.41, 5.74) is -0.640. The molecule has 112 valence electrons. The first kappa shape index (κ1) is 17.5. The van der Waals surface area contributed by atoms with Crippen LogP contribution in [-0.4, -0.2) is 36.9 Å². The van der Waals surface area contributed by atoms with Crippen LogP contribution in [0.4, 0.5) is 18.0 Å². The Bertz CT molecular complexity index is 311. The van der Waals surface area contributed by atoms with Crippen LogP contribution in [0.2, 0.25) is 0 Å². The van der Waals surface area contributed by atoms with Gasteiger partial charge >= 0.3 is 12.3 Å². The van der Waals surface area contributed by atoms with Crippen LogP contribution < -0.4 is 10.6 Å². The van der Waals surface area contributed by atoms with Crippen LogP contribution >= 0.6 is 0 Å². The van der Waals surface area contributed by atoms with E-state index in [-0.39, 0.29) is 13.0 Å². The van der Waals surface area contributed by atoms with Crippen molar-refractivity contribution in [2.24, 2.45) is 0 Å². The van der Waals surface area contributed by atoms with Gasteiger partial charge in [0.15, 0.2) is 0 Å². The van der Waals surface area contributed by atoms with Crippen LogP contribution in [0.15, 0.2) is 0 Å². The zero-order chi connectivity index (χ0) is 15.1. The van der Waals surface area contributed by atoms with Gasteiger partial charge in [-0.15, -0.1) is 0 Å². The van der Waals surface area contributed by atoms with Crippen molar-refractivity contribution in [1.29, 1.82) is 0 Å². The maximum Gasteiger partial charge on any atom is 0.407 e. The molecule has 0 aliphatic carbocycles. The Morgan fingerprint density at radius 1 is 1.05 bits per heavy atom. The minimum atomic E-state index is -4.29. The van der Waals surface area contributed by atoms with E-state index in [4.69, 9.17) is 4.74 Å². The fraction of sp³-hybridized carbons (Fsp3) is 0.818. The number of amides is 2. The lowest BCUT2D eigenvalue weighted by Crippen LogP contribution is -2.35. The number of halogens is 3. The van der Waals surface area contributed by atoms with Crippen molar-refractivity contribution in [2.45, 2.75) is 45.4 Å². The number of carbonyl (C=O) groups excluding carboxylic acids is 2. The zero-order valence-corrected chi connectivity index (χ0v) is 11.2. The van der Waals surface area contributed by atoms with Crippen molar-refractivity contribution in [3.63, 3.8) is 0 Å². The van der Waals surface area contributed by atoms with E-state index in [0.717, 1.165) is 0 Å². The van der Waals surface area contributed by atoms with Crippen molar-refractivity contribution in [2.75, 3.05) is 13.1 Å². The second-order valence-electron chi connectivity index (χ2n) is 4.89. The van der Waals surface area contributed by atoms with E-state index in [2.05, 4.69) is 10.6 Å². The number of nitrogens with one attached hydrogen (secondary N) is 2. The summed E-state index contributed by atoms with van der Waals surface area (Å²) in [6.07, 6.45) is -6.13. The van der Waals surface area contributed by atoms with E-state index in [1.165, 1.54) is 0 Å². The Balaban J connectivity index is 3.67. The quantitative estimate of drug-likeness (QED) is 0.811. The summed E-state index contributed by atoms with van der Waals surface area (Å²) in [5.74, 6) is -0.555. The average molecular weight is 284 g/mol.